The number of ketones is 1. The van der Waals surface area contributed by atoms with Crippen LogP contribution in [-0.4, -0.2) is 19.7 Å². The lowest BCUT2D eigenvalue weighted by atomic mass is 9.52. The number of Topliss-reactive ketones (excluding diaryl/α,β-unsaturated/α-hetero) is 1. The van der Waals surface area contributed by atoms with Gasteiger partial charge in [0.25, 0.3) is 0 Å². The summed E-state index contributed by atoms with van der Waals surface area (Å²) in [6, 6.07) is 0. The lowest BCUT2D eigenvalue weighted by molar-refractivity contribution is -0.119. The first-order valence-electron chi connectivity index (χ1n) is 10.6. The second-order valence-electron chi connectivity index (χ2n) is 10.4. The van der Waals surface area contributed by atoms with Crippen LogP contribution in [0.1, 0.15) is 64.7 Å². The Labute approximate surface area is 160 Å². The van der Waals surface area contributed by atoms with Crippen molar-refractivity contribution in [2.75, 3.05) is 0 Å². The maximum Gasteiger partial charge on any atom is 0.185 e. The highest BCUT2D eigenvalue weighted by atomic mass is 28.4. The van der Waals surface area contributed by atoms with E-state index in [2.05, 4.69) is 32.5 Å². The van der Waals surface area contributed by atoms with Crippen molar-refractivity contribution in [2.24, 2.45) is 23.2 Å². The molecule has 142 valence electrons. The van der Waals surface area contributed by atoms with Crippen molar-refractivity contribution >= 4 is 14.1 Å². The number of carbonyl (C=O) groups excluding carboxylic acids is 1. The van der Waals surface area contributed by atoms with Crippen molar-refractivity contribution in [1.29, 1.82) is 0 Å². The van der Waals surface area contributed by atoms with E-state index in [1.54, 1.807) is 5.57 Å². The number of carbonyl (C=O) groups is 1. The van der Waals surface area contributed by atoms with E-state index in [-0.39, 0.29) is 11.0 Å². The van der Waals surface area contributed by atoms with Crippen molar-refractivity contribution in [3.63, 3.8) is 0 Å². The van der Waals surface area contributed by atoms with Crippen molar-refractivity contribution in [3.05, 3.63) is 11.1 Å². The molecule has 4 aliphatic carbocycles. The number of fused-ring (bicyclic) bond motifs is 4. The molecule has 0 amide bonds. The largest absolute Gasteiger partial charge is 0.401 e. The molecule has 0 unspecified atom stereocenters. The van der Waals surface area contributed by atoms with E-state index in [0.717, 1.165) is 38.0 Å². The Morgan fingerprint density at radius 3 is 2.58 bits per heavy atom. The van der Waals surface area contributed by atoms with E-state index in [1.165, 1.54) is 31.3 Å². The van der Waals surface area contributed by atoms with E-state index in [1.807, 2.05) is 0 Å². The number of terminal acetylenes is 1. The van der Waals surface area contributed by atoms with Crippen LogP contribution in [0.5, 0.6) is 0 Å². The van der Waals surface area contributed by atoms with Gasteiger partial charge in [0.15, 0.2) is 8.32 Å². The summed E-state index contributed by atoms with van der Waals surface area (Å²) in [6.45, 7) is 9.25. The van der Waals surface area contributed by atoms with Crippen LogP contribution in [0.2, 0.25) is 19.6 Å². The van der Waals surface area contributed by atoms with E-state index in [4.69, 9.17) is 10.8 Å². The first kappa shape index (κ1) is 18.5. The van der Waals surface area contributed by atoms with Gasteiger partial charge in [-0.15, -0.1) is 6.42 Å². The number of hydrogen-bond acceptors (Lipinski definition) is 2. The van der Waals surface area contributed by atoms with Gasteiger partial charge in [-0.1, -0.05) is 24.0 Å². The minimum Gasteiger partial charge on any atom is -0.401 e. The van der Waals surface area contributed by atoms with Gasteiger partial charge in [-0.3, -0.25) is 4.79 Å². The van der Waals surface area contributed by atoms with Crippen LogP contribution in [-0.2, 0) is 9.22 Å². The zero-order valence-corrected chi connectivity index (χ0v) is 18.0. The summed E-state index contributed by atoms with van der Waals surface area (Å²) >= 11 is 0. The van der Waals surface area contributed by atoms with Crippen LogP contribution in [0.4, 0.5) is 0 Å². The van der Waals surface area contributed by atoms with Crippen LogP contribution < -0.4 is 0 Å². The quantitative estimate of drug-likeness (QED) is 0.365. The predicted octanol–water partition coefficient (Wildman–Crippen LogP) is 5.50. The fourth-order valence-corrected chi connectivity index (χ4v) is 8.45. The second-order valence-corrected chi connectivity index (χ2v) is 14.9. The summed E-state index contributed by atoms with van der Waals surface area (Å²) in [6.07, 6.45) is 15.8. The molecule has 0 spiro atoms. The van der Waals surface area contributed by atoms with Gasteiger partial charge in [0.2, 0.25) is 0 Å². The van der Waals surface area contributed by atoms with Crippen LogP contribution in [0, 0.1) is 35.5 Å². The highest BCUT2D eigenvalue weighted by molar-refractivity contribution is 6.69. The van der Waals surface area contributed by atoms with Gasteiger partial charge >= 0.3 is 0 Å². The Balaban J connectivity index is 1.65. The summed E-state index contributed by atoms with van der Waals surface area (Å²) in [5, 5.41) is 0. The summed E-state index contributed by atoms with van der Waals surface area (Å²) in [5.41, 5.74) is 2.94. The molecule has 26 heavy (non-hydrogen) atoms. The summed E-state index contributed by atoms with van der Waals surface area (Å²) < 4.78 is 6.75. The third kappa shape index (κ3) is 2.68. The average Bonchev–Trinajstić information content (AvgIpc) is 2.86. The standard InChI is InChI=1S/C23H34O2Si/c1-6-23(25-26(3,4)5)14-12-21-20-9-7-16-15-17(24)8-10-18(16)19(20)11-13-22(21,23)2/h1,19-21H,7-15H2,2-5H3/t19-,20-,21+,22+,23+/m1/s1. The van der Waals surface area contributed by atoms with Crippen molar-refractivity contribution in [1.82, 2.24) is 0 Å². The first-order chi connectivity index (χ1) is 12.2. The molecular formula is C23H34O2Si. The molecule has 0 heterocycles. The monoisotopic (exact) mass is 370 g/mol. The maximum atomic E-state index is 11.9. The van der Waals surface area contributed by atoms with Crippen molar-refractivity contribution < 1.29 is 9.22 Å². The fraction of sp³-hybridized carbons (Fsp3) is 0.783. The predicted molar refractivity (Wildman–Crippen MR) is 108 cm³/mol. The van der Waals surface area contributed by atoms with Gasteiger partial charge < -0.3 is 4.43 Å². The maximum absolute atomic E-state index is 11.9. The molecule has 0 bridgehead atoms. The third-order valence-electron chi connectivity index (χ3n) is 8.04. The molecule has 0 aromatic carbocycles. The molecule has 0 aromatic rings. The first-order valence-corrected chi connectivity index (χ1v) is 14.0. The van der Waals surface area contributed by atoms with Gasteiger partial charge in [-0.25, -0.2) is 0 Å². The van der Waals surface area contributed by atoms with Crippen molar-refractivity contribution in [2.45, 2.75) is 90.0 Å². The van der Waals surface area contributed by atoms with Crippen LogP contribution in [0.3, 0.4) is 0 Å². The molecule has 2 nitrogen and oxygen atoms in total. The minimum absolute atomic E-state index is 0.117. The lowest BCUT2D eigenvalue weighted by Gasteiger charge is -2.55. The molecular weight excluding hydrogens is 336 g/mol. The van der Waals surface area contributed by atoms with Crippen molar-refractivity contribution in [3.8, 4) is 12.3 Å². The molecule has 0 saturated heterocycles. The average molecular weight is 371 g/mol. The molecule has 0 radical (unpaired) electrons. The summed E-state index contributed by atoms with van der Waals surface area (Å²) in [7, 11) is -1.71. The van der Waals surface area contributed by atoms with E-state index in [9.17, 15) is 4.79 Å². The van der Waals surface area contributed by atoms with E-state index >= 15 is 0 Å². The van der Waals surface area contributed by atoms with E-state index in [0.29, 0.717) is 17.6 Å². The van der Waals surface area contributed by atoms with Crippen LogP contribution in [0.25, 0.3) is 0 Å². The molecule has 0 aliphatic heterocycles. The molecule has 4 aliphatic rings. The molecule has 0 aromatic heterocycles. The Kier molecular flexibility index (Phi) is 4.32. The highest BCUT2D eigenvalue weighted by Gasteiger charge is 2.63. The second kappa shape index (κ2) is 6.08. The van der Waals surface area contributed by atoms with Crippen LogP contribution in [0.15, 0.2) is 11.1 Å². The van der Waals surface area contributed by atoms with Gasteiger partial charge in [-0.2, -0.15) is 0 Å². The van der Waals surface area contributed by atoms with E-state index < -0.39 is 8.32 Å². The minimum atomic E-state index is -1.71. The molecule has 2 fully saturated rings. The Morgan fingerprint density at radius 1 is 1.12 bits per heavy atom. The molecule has 3 heteroatoms. The Bertz CT molecular complexity index is 694. The Morgan fingerprint density at radius 2 is 1.88 bits per heavy atom. The molecule has 2 saturated carbocycles. The third-order valence-corrected chi connectivity index (χ3v) is 9.00. The number of rotatable bonds is 2. The highest BCUT2D eigenvalue weighted by Crippen LogP contribution is 2.65. The fourth-order valence-electron chi connectivity index (χ4n) is 7.01. The SMILES string of the molecule is C#C[C@]1(O[Si](C)(C)C)CC[C@H]2[C@@H]3CCC4=C(CCC(=O)C4)[C@H]3CC[C@@]21C. The van der Waals surface area contributed by atoms with Gasteiger partial charge in [-0.05, 0) is 82.3 Å². The zero-order valence-electron chi connectivity index (χ0n) is 17.0. The summed E-state index contributed by atoms with van der Waals surface area (Å²) in [4.78, 5) is 11.9. The summed E-state index contributed by atoms with van der Waals surface area (Å²) in [5.74, 6) is 5.79. The normalized spacial score (nSPS) is 42.7. The topological polar surface area (TPSA) is 26.3 Å². The smallest absolute Gasteiger partial charge is 0.185 e. The van der Waals surface area contributed by atoms with Gasteiger partial charge in [0, 0.05) is 18.3 Å². The molecule has 0 N–H and O–H groups in total. The van der Waals surface area contributed by atoms with Gasteiger partial charge in [0.05, 0.1) is 0 Å². The molecule has 5 atom stereocenters. The lowest BCUT2D eigenvalue weighted by Crippen LogP contribution is -2.55. The number of allylic oxidation sites excluding steroid dienone is 2. The number of hydrogen-bond donors (Lipinski definition) is 0. The van der Waals surface area contributed by atoms with Crippen LogP contribution >= 0.6 is 0 Å². The molecule has 4 rings (SSSR count). The van der Waals surface area contributed by atoms with Gasteiger partial charge in [0.1, 0.15) is 11.4 Å². The Hall–Kier alpha value is -0.853. The zero-order chi connectivity index (χ0) is 18.7.